The SMILES string of the molecule is CCCC(C)Nc1ccc2nnnn2n1. The average molecular weight is 206 g/mol. The van der Waals surface area contributed by atoms with Crippen molar-refractivity contribution in [2.24, 2.45) is 0 Å². The van der Waals surface area contributed by atoms with Crippen LogP contribution >= 0.6 is 0 Å². The zero-order valence-electron chi connectivity index (χ0n) is 8.88. The third kappa shape index (κ3) is 2.20. The molecule has 0 aliphatic heterocycles. The van der Waals surface area contributed by atoms with Gasteiger partial charge in [-0.3, -0.25) is 0 Å². The van der Waals surface area contributed by atoms with Crippen LogP contribution < -0.4 is 5.32 Å². The maximum Gasteiger partial charge on any atom is 0.200 e. The summed E-state index contributed by atoms with van der Waals surface area (Å²) in [5, 5.41) is 18.6. The van der Waals surface area contributed by atoms with Crippen molar-refractivity contribution in [3.63, 3.8) is 0 Å². The number of rotatable bonds is 4. The van der Waals surface area contributed by atoms with Crippen molar-refractivity contribution in [1.29, 1.82) is 0 Å². The van der Waals surface area contributed by atoms with Gasteiger partial charge in [0.2, 0.25) is 0 Å². The first kappa shape index (κ1) is 9.82. The molecule has 0 spiro atoms. The molecule has 0 saturated heterocycles. The Morgan fingerprint density at radius 3 is 3.13 bits per heavy atom. The van der Waals surface area contributed by atoms with Crippen LogP contribution in [0.4, 0.5) is 5.82 Å². The minimum atomic E-state index is 0.413. The Bertz CT molecular complexity index is 437. The van der Waals surface area contributed by atoms with E-state index in [-0.39, 0.29) is 0 Å². The van der Waals surface area contributed by atoms with Crippen molar-refractivity contribution in [2.75, 3.05) is 5.32 Å². The van der Waals surface area contributed by atoms with Gasteiger partial charge in [0, 0.05) is 6.04 Å². The molecule has 6 heteroatoms. The molecule has 0 aliphatic rings. The number of fused-ring (bicyclic) bond motifs is 1. The summed E-state index contributed by atoms with van der Waals surface area (Å²) in [6.07, 6.45) is 2.27. The van der Waals surface area contributed by atoms with Crippen molar-refractivity contribution in [2.45, 2.75) is 32.7 Å². The maximum absolute atomic E-state index is 4.23. The van der Waals surface area contributed by atoms with Crippen LogP contribution in [0.3, 0.4) is 0 Å². The first-order chi connectivity index (χ1) is 7.29. The van der Waals surface area contributed by atoms with Crippen LogP contribution in [0.25, 0.3) is 5.65 Å². The molecule has 6 nitrogen and oxygen atoms in total. The van der Waals surface area contributed by atoms with Gasteiger partial charge in [0.05, 0.1) is 0 Å². The maximum atomic E-state index is 4.23. The van der Waals surface area contributed by atoms with Gasteiger partial charge in [-0.25, -0.2) is 0 Å². The fraction of sp³-hybridized carbons (Fsp3) is 0.556. The second kappa shape index (κ2) is 4.20. The number of aromatic nitrogens is 5. The molecule has 0 aromatic carbocycles. The summed E-state index contributed by atoms with van der Waals surface area (Å²) in [6.45, 7) is 4.30. The molecule has 0 fully saturated rings. The molecule has 0 amide bonds. The van der Waals surface area contributed by atoms with E-state index in [9.17, 15) is 0 Å². The summed E-state index contributed by atoms with van der Waals surface area (Å²) in [4.78, 5) is 0. The number of hydrogen-bond donors (Lipinski definition) is 1. The van der Waals surface area contributed by atoms with Crippen LogP contribution in [0, 0.1) is 0 Å². The van der Waals surface area contributed by atoms with E-state index in [0.717, 1.165) is 18.7 Å². The summed E-state index contributed by atoms with van der Waals surface area (Å²) in [7, 11) is 0. The van der Waals surface area contributed by atoms with Crippen molar-refractivity contribution < 1.29 is 0 Å². The molecular weight excluding hydrogens is 192 g/mol. The Morgan fingerprint density at radius 1 is 1.47 bits per heavy atom. The van der Waals surface area contributed by atoms with E-state index in [0.29, 0.717) is 11.7 Å². The quantitative estimate of drug-likeness (QED) is 0.811. The first-order valence-electron chi connectivity index (χ1n) is 5.11. The molecule has 1 unspecified atom stereocenters. The monoisotopic (exact) mass is 206 g/mol. The summed E-state index contributed by atoms with van der Waals surface area (Å²) in [5.74, 6) is 0.802. The highest BCUT2D eigenvalue weighted by Crippen LogP contribution is 2.07. The molecule has 2 aromatic heterocycles. The van der Waals surface area contributed by atoms with Gasteiger partial charge in [0.25, 0.3) is 0 Å². The molecule has 2 heterocycles. The summed E-state index contributed by atoms with van der Waals surface area (Å²) >= 11 is 0. The minimum Gasteiger partial charge on any atom is -0.366 e. The molecule has 1 N–H and O–H groups in total. The third-order valence-corrected chi connectivity index (χ3v) is 2.19. The fourth-order valence-electron chi connectivity index (χ4n) is 1.48. The molecule has 1 atom stereocenters. The van der Waals surface area contributed by atoms with Gasteiger partial charge in [0.1, 0.15) is 5.82 Å². The molecule has 0 bridgehead atoms. The molecule has 2 aromatic rings. The largest absolute Gasteiger partial charge is 0.366 e. The van der Waals surface area contributed by atoms with Crippen LogP contribution in [0.5, 0.6) is 0 Å². The summed E-state index contributed by atoms with van der Waals surface area (Å²) in [6, 6.07) is 4.14. The molecular formula is C9H14N6. The highest BCUT2D eigenvalue weighted by molar-refractivity contribution is 5.42. The third-order valence-electron chi connectivity index (χ3n) is 2.19. The van der Waals surface area contributed by atoms with E-state index in [1.54, 1.807) is 0 Å². The Hall–Kier alpha value is -1.72. The standard InChI is InChI=1S/C9H14N6/c1-3-4-7(2)10-8-5-6-9-11-13-14-15(9)12-8/h5-7H,3-4H2,1-2H3,(H,10,12). The van der Waals surface area contributed by atoms with E-state index in [1.807, 2.05) is 12.1 Å². The van der Waals surface area contributed by atoms with E-state index < -0.39 is 0 Å². The minimum absolute atomic E-state index is 0.413. The van der Waals surface area contributed by atoms with Gasteiger partial charge in [0.15, 0.2) is 5.65 Å². The summed E-state index contributed by atoms with van der Waals surface area (Å²) < 4.78 is 1.42. The number of hydrogen-bond acceptors (Lipinski definition) is 5. The Kier molecular flexibility index (Phi) is 2.75. The topological polar surface area (TPSA) is 68.0 Å². The van der Waals surface area contributed by atoms with Crippen LogP contribution in [0.15, 0.2) is 12.1 Å². The predicted molar refractivity (Wildman–Crippen MR) is 56.6 cm³/mol. The van der Waals surface area contributed by atoms with Crippen LogP contribution in [0.2, 0.25) is 0 Å². The zero-order valence-corrected chi connectivity index (χ0v) is 8.88. The van der Waals surface area contributed by atoms with Gasteiger partial charge in [-0.1, -0.05) is 13.3 Å². The number of nitrogens with one attached hydrogen (secondary N) is 1. The van der Waals surface area contributed by atoms with Crippen molar-refractivity contribution in [1.82, 2.24) is 25.3 Å². The van der Waals surface area contributed by atoms with Gasteiger partial charge in [-0.15, -0.1) is 14.8 Å². The lowest BCUT2D eigenvalue weighted by atomic mass is 10.2. The second-order valence-corrected chi connectivity index (χ2v) is 3.58. The number of tetrazole rings is 1. The predicted octanol–water partition coefficient (Wildman–Crippen LogP) is 1.12. The highest BCUT2D eigenvalue weighted by Gasteiger charge is 2.03. The Morgan fingerprint density at radius 2 is 2.33 bits per heavy atom. The lowest BCUT2D eigenvalue weighted by Crippen LogP contribution is -2.16. The second-order valence-electron chi connectivity index (χ2n) is 3.58. The van der Waals surface area contributed by atoms with Gasteiger partial charge < -0.3 is 5.32 Å². The van der Waals surface area contributed by atoms with E-state index in [2.05, 4.69) is 39.8 Å². The first-order valence-corrected chi connectivity index (χ1v) is 5.11. The zero-order chi connectivity index (χ0) is 10.7. The normalized spacial score (nSPS) is 12.9. The molecule has 80 valence electrons. The molecule has 0 saturated carbocycles. The summed E-state index contributed by atoms with van der Waals surface area (Å²) in [5.41, 5.74) is 0.656. The van der Waals surface area contributed by atoms with Crippen molar-refractivity contribution >= 4 is 11.5 Å². The lowest BCUT2D eigenvalue weighted by molar-refractivity contribution is 0.675. The van der Waals surface area contributed by atoms with E-state index >= 15 is 0 Å². The lowest BCUT2D eigenvalue weighted by Gasteiger charge is -2.12. The molecule has 2 rings (SSSR count). The van der Waals surface area contributed by atoms with E-state index in [1.165, 1.54) is 4.63 Å². The highest BCUT2D eigenvalue weighted by atomic mass is 15.6. The van der Waals surface area contributed by atoms with Crippen molar-refractivity contribution in [3.05, 3.63) is 12.1 Å². The van der Waals surface area contributed by atoms with Crippen LogP contribution in [0.1, 0.15) is 26.7 Å². The van der Waals surface area contributed by atoms with Crippen molar-refractivity contribution in [3.8, 4) is 0 Å². The smallest absolute Gasteiger partial charge is 0.200 e. The van der Waals surface area contributed by atoms with Gasteiger partial charge >= 0.3 is 0 Å². The molecule has 15 heavy (non-hydrogen) atoms. The number of nitrogens with zero attached hydrogens (tertiary/aromatic N) is 5. The molecule has 0 aliphatic carbocycles. The Balaban J connectivity index is 2.14. The molecule has 0 radical (unpaired) electrons. The van der Waals surface area contributed by atoms with Gasteiger partial charge in [-0.2, -0.15) is 0 Å². The number of anilines is 1. The van der Waals surface area contributed by atoms with E-state index in [4.69, 9.17) is 0 Å². The average Bonchev–Trinajstić information content (AvgIpc) is 2.65. The Labute approximate surface area is 87.7 Å². The fourth-order valence-corrected chi connectivity index (χ4v) is 1.48. The van der Waals surface area contributed by atoms with Crippen LogP contribution in [-0.4, -0.2) is 31.3 Å². The van der Waals surface area contributed by atoms with Crippen LogP contribution in [-0.2, 0) is 0 Å². The van der Waals surface area contributed by atoms with Gasteiger partial charge in [-0.05, 0) is 35.9 Å².